The van der Waals surface area contributed by atoms with Crippen LogP contribution in [-0.4, -0.2) is 29.9 Å². The van der Waals surface area contributed by atoms with E-state index >= 15 is 0 Å². The van der Waals surface area contributed by atoms with Crippen molar-refractivity contribution in [3.63, 3.8) is 0 Å². The van der Waals surface area contributed by atoms with Crippen LogP contribution in [0, 0.1) is 0 Å². The van der Waals surface area contributed by atoms with Crippen molar-refractivity contribution in [2.75, 3.05) is 18.8 Å². The number of amides is 1. The third kappa shape index (κ3) is 3.54. The second-order valence-electron chi connectivity index (χ2n) is 6.18. The minimum Gasteiger partial charge on any atom is -0.399 e. The van der Waals surface area contributed by atoms with Gasteiger partial charge in [0.05, 0.1) is 0 Å². The van der Waals surface area contributed by atoms with Crippen molar-refractivity contribution >= 4 is 11.6 Å². The van der Waals surface area contributed by atoms with Gasteiger partial charge < -0.3 is 16.4 Å². The largest absolute Gasteiger partial charge is 0.399 e. The molecule has 4 nitrogen and oxygen atoms in total. The molecule has 1 amide bonds. The Morgan fingerprint density at radius 2 is 1.74 bits per heavy atom. The van der Waals surface area contributed by atoms with Gasteiger partial charge in [0.25, 0.3) is 0 Å². The third-order valence-electron chi connectivity index (χ3n) is 4.61. The minimum absolute atomic E-state index is 0.00291. The number of carbonyl (C=O) groups excluding carboxylic acids is 1. The number of aryl methyl sites for hydroxylation is 1. The summed E-state index contributed by atoms with van der Waals surface area (Å²) in [7, 11) is 0. The van der Waals surface area contributed by atoms with Crippen molar-refractivity contribution in [1.29, 1.82) is 0 Å². The Labute approximate surface area is 137 Å². The summed E-state index contributed by atoms with van der Waals surface area (Å²) < 4.78 is 0. The third-order valence-corrected chi connectivity index (χ3v) is 4.61. The van der Waals surface area contributed by atoms with E-state index in [1.807, 2.05) is 47.4 Å². The number of nitrogens with zero attached hydrogens (tertiary/aromatic N) is 1. The Balaban J connectivity index is 1.60. The molecule has 0 saturated carbocycles. The molecule has 3 rings (SSSR count). The first-order chi connectivity index (χ1) is 11.1. The minimum atomic E-state index is 0.00291. The molecule has 0 aliphatic carbocycles. The quantitative estimate of drug-likeness (QED) is 0.850. The number of likely N-dealkylation sites (tertiary alicyclic amines) is 1. The first kappa shape index (κ1) is 15.6. The Kier molecular flexibility index (Phi) is 4.63. The van der Waals surface area contributed by atoms with Crippen LogP contribution < -0.4 is 11.5 Å². The second kappa shape index (κ2) is 6.84. The normalized spacial score (nSPS) is 20.7. The van der Waals surface area contributed by atoms with Crippen molar-refractivity contribution in [2.45, 2.75) is 24.8 Å². The standard InChI is InChI=1S/C19H23N3O/c20-17-9-5-4-8-15(17)10-11-19(23)22-12-16(18(21)13-22)14-6-2-1-3-7-14/h1-9,16,18H,10-13,20-21H2/t16-,18+/m0/s1. The molecule has 4 N–H and O–H groups in total. The maximum absolute atomic E-state index is 12.5. The predicted molar refractivity (Wildman–Crippen MR) is 92.9 cm³/mol. The zero-order valence-corrected chi connectivity index (χ0v) is 13.2. The zero-order chi connectivity index (χ0) is 16.2. The van der Waals surface area contributed by atoms with Crippen LogP contribution in [0.4, 0.5) is 5.69 Å². The number of nitrogen functional groups attached to an aromatic ring is 1. The van der Waals surface area contributed by atoms with E-state index in [0.717, 1.165) is 11.3 Å². The summed E-state index contributed by atoms with van der Waals surface area (Å²) in [4.78, 5) is 14.4. The molecule has 1 aliphatic rings. The van der Waals surface area contributed by atoms with Gasteiger partial charge in [-0.2, -0.15) is 0 Å². The van der Waals surface area contributed by atoms with E-state index in [9.17, 15) is 4.79 Å². The molecular formula is C19H23N3O. The number of hydrogen-bond acceptors (Lipinski definition) is 3. The van der Waals surface area contributed by atoms with Crippen molar-refractivity contribution < 1.29 is 4.79 Å². The summed E-state index contributed by atoms with van der Waals surface area (Å²) in [6, 6.07) is 17.9. The fourth-order valence-electron chi connectivity index (χ4n) is 3.25. The summed E-state index contributed by atoms with van der Waals surface area (Å²) in [5, 5.41) is 0. The number of para-hydroxylation sites is 1. The van der Waals surface area contributed by atoms with Gasteiger partial charge in [-0.05, 0) is 23.6 Å². The highest BCUT2D eigenvalue weighted by atomic mass is 16.2. The number of carbonyl (C=O) groups is 1. The molecular weight excluding hydrogens is 286 g/mol. The Hall–Kier alpha value is -2.33. The van der Waals surface area contributed by atoms with Gasteiger partial charge in [-0.15, -0.1) is 0 Å². The smallest absolute Gasteiger partial charge is 0.222 e. The number of benzene rings is 2. The molecule has 1 heterocycles. The monoisotopic (exact) mass is 309 g/mol. The van der Waals surface area contributed by atoms with Gasteiger partial charge in [0, 0.05) is 37.2 Å². The zero-order valence-electron chi connectivity index (χ0n) is 13.2. The van der Waals surface area contributed by atoms with Crippen LogP contribution in [0.1, 0.15) is 23.5 Å². The molecule has 0 aromatic heterocycles. The van der Waals surface area contributed by atoms with E-state index in [1.54, 1.807) is 0 Å². The maximum Gasteiger partial charge on any atom is 0.222 e. The average molecular weight is 309 g/mol. The average Bonchev–Trinajstić information content (AvgIpc) is 2.96. The van der Waals surface area contributed by atoms with E-state index in [4.69, 9.17) is 11.5 Å². The summed E-state index contributed by atoms with van der Waals surface area (Å²) >= 11 is 0. The number of rotatable bonds is 4. The van der Waals surface area contributed by atoms with Crippen LogP contribution in [0.25, 0.3) is 0 Å². The van der Waals surface area contributed by atoms with Crippen LogP contribution in [-0.2, 0) is 11.2 Å². The molecule has 2 aromatic carbocycles. The predicted octanol–water partition coefficient (Wildman–Crippen LogP) is 2.15. The van der Waals surface area contributed by atoms with E-state index in [0.29, 0.717) is 25.9 Å². The first-order valence-corrected chi connectivity index (χ1v) is 8.07. The Bertz CT molecular complexity index is 671. The lowest BCUT2D eigenvalue weighted by molar-refractivity contribution is -0.130. The number of nitrogens with two attached hydrogens (primary N) is 2. The Morgan fingerprint density at radius 1 is 1.04 bits per heavy atom. The topological polar surface area (TPSA) is 72.4 Å². The van der Waals surface area contributed by atoms with Gasteiger partial charge in [0.15, 0.2) is 0 Å². The van der Waals surface area contributed by atoms with E-state index in [1.165, 1.54) is 5.56 Å². The Morgan fingerprint density at radius 3 is 2.48 bits per heavy atom. The maximum atomic E-state index is 12.5. The van der Waals surface area contributed by atoms with Crippen LogP contribution in [0.3, 0.4) is 0 Å². The van der Waals surface area contributed by atoms with Gasteiger partial charge in [0.2, 0.25) is 5.91 Å². The van der Waals surface area contributed by atoms with Gasteiger partial charge in [-0.25, -0.2) is 0 Å². The molecule has 0 spiro atoms. The highest BCUT2D eigenvalue weighted by Gasteiger charge is 2.33. The lowest BCUT2D eigenvalue weighted by Gasteiger charge is -2.17. The van der Waals surface area contributed by atoms with Crippen LogP contribution in [0.5, 0.6) is 0 Å². The van der Waals surface area contributed by atoms with Gasteiger partial charge in [-0.1, -0.05) is 48.5 Å². The highest BCUT2D eigenvalue weighted by Crippen LogP contribution is 2.27. The highest BCUT2D eigenvalue weighted by molar-refractivity contribution is 5.77. The molecule has 23 heavy (non-hydrogen) atoms. The lowest BCUT2D eigenvalue weighted by Crippen LogP contribution is -2.32. The van der Waals surface area contributed by atoms with Crippen LogP contribution in [0.15, 0.2) is 54.6 Å². The fourth-order valence-corrected chi connectivity index (χ4v) is 3.25. The second-order valence-corrected chi connectivity index (χ2v) is 6.18. The molecule has 0 bridgehead atoms. The van der Waals surface area contributed by atoms with Crippen molar-refractivity contribution in [3.05, 3.63) is 65.7 Å². The molecule has 1 fully saturated rings. The summed E-state index contributed by atoms with van der Waals surface area (Å²) in [6.07, 6.45) is 1.15. The van der Waals surface area contributed by atoms with E-state index < -0.39 is 0 Å². The van der Waals surface area contributed by atoms with E-state index in [-0.39, 0.29) is 17.9 Å². The molecule has 2 aromatic rings. The first-order valence-electron chi connectivity index (χ1n) is 8.07. The SMILES string of the molecule is Nc1ccccc1CCC(=O)N1C[C@@H](N)[C@H](c2ccccc2)C1. The number of anilines is 1. The van der Waals surface area contributed by atoms with Gasteiger partial charge in [0.1, 0.15) is 0 Å². The summed E-state index contributed by atoms with van der Waals surface area (Å²) in [6.45, 7) is 1.33. The molecule has 120 valence electrons. The molecule has 1 saturated heterocycles. The molecule has 1 aliphatic heterocycles. The summed E-state index contributed by atoms with van der Waals surface area (Å²) in [5.41, 5.74) is 15.2. The molecule has 0 unspecified atom stereocenters. The number of hydrogen-bond donors (Lipinski definition) is 2. The molecule has 0 radical (unpaired) electrons. The van der Waals surface area contributed by atoms with Crippen LogP contribution in [0.2, 0.25) is 0 Å². The van der Waals surface area contributed by atoms with Crippen molar-refractivity contribution in [1.82, 2.24) is 4.90 Å². The fraction of sp³-hybridized carbons (Fsp3) is 0.316. The molecule has 4 heteroatoms. The van der Waals surface area contributed by atoms with Crippen molar-refractivity contribution in [3.8, 4) is 0 Å². The molecule has 2 atom stereocenters. The van der Waals surface area contributed by atoms with Crippen molar-refractivity contribution in [2.24, 2.45) is 5.73 Å². The van der Waals surface area contributed by atoms with Gasteiger partial charge in [-0.3, -0.25) is 4.79 Å². The van der Waals surface area contributed by atoms with Gasteiger partial charge >= 0.3 is 0 Å². The lowest BCUT2D eigenvalue weighted by atomic mass is 9.95. The summed E-state index contributed by atoms with van der Waals surface area (Å²) in [5.74, 6) is 0.379. The van der Waals surface area contributed by atoms with Crippen LogP contribution >= 0.6 is 0 Å². The van der Waals surface area contributed by atoms with E-state index in [2.05, 4.69) is 12.1 Å².